The SMILES string of the molecule is N#Cc1cc(-c2c[nH]c3ncc(/C(C=N)=C/NCCOC4CCCCO4)cc23)ccc1OC1CCOCC1. The minimum atomic E-state index is -0.112. The minimum Gasteiger partial charge on any atom is -0.489 e. The predicted molar refractivity (Wildman–Crippen MR) is 145 cm³/mol. The number of rotatable bonds is 10. The van der Waals surface area contributed by atoms with E-state index < -0.39 is 0 Å². The number of ether oxygens (including phenoxy) is 4. The fourth-order valence-electron chi connectivity index (χ4n) is 4.74. The van der Waals surface area contributed by atoms with Gasteiger partial charge in [0.15, 0.2) is 6.29 Å². The zero-order valence-corrected chi connectivity index (χ0v) is 21.4. The predicted octanol–water partition coefficient (Wildman–Crippen LogP) is 4.78. The van der Waals surface area contributed by atoms with Crippen molar-refractivity contribution < 1.29 is 18.9 Å². The molecule has 198 valence electrons. The van der Waals surface area contributed by atoms with Crippen LogP contribution in [0.2, 0.25) is 0 Å². The van der Waals surface area contributed by atoms with Crippen molar-refractivity contribution in [3.63, 3.8) is 0 Å². The van der Waals surface area contributed by atoms with Crippen molar-refractivity contribution >= 4 is 22.8 Å². The lowest BCUT2D eigenvalue weighted by Crippen LogP contribution is -2.26. The van der Waals surface area contributed by atoms with Crippen molar-refractivity contribution in [1.82, 2.24) is 15.3 Å². The number of allylic oxidation sites excluding steroid dienone is 1. The lowest BCUT2D eigenvalue weighted by molar-refractivity contribution is -0.161. The third kappa shape index (κ3) is 6.22. The number of benzene rings is 1. The molecule has 0 spiro atoms. The molecule has 2 saturated heterocycles. The molecule has 2 fully saturated rings. The van der Waals surface area contributed by atoms with E-state index in [0.717, 1.165) is 66.4 Å². The number of hydrogen-bond acceptors (Lipinski definition) is 8. The van der Waals surface area contributed by atoms with Crippen LogP contribution >= 0.6 is 0 Å². The maximum absolute atomic E-state index is 9.80. The van der Waals surface area contributed by atoms with Crippen LogP contribution in [0, 0.1) is 16.7 Å². The van der Waals surface area contributed by atoms with E-state index in [4.69, 9.17) is 24.4 Å². The minimum absolute atomic E-state index is 0.0636. The van der Waals surface area contributed by atoms with Crippen molar-refractivity contribution in [2.45, 2.75) is 44.5 Å². The third-order valence-corrected chi connectivity index (χ3v) is 6.84. The largest absolute Gasteiger partial charge is 0.489 e. The number of nitriles is 1. The van der Waals surface area contributed by atoms with Crippen LogP contribution in [0.15, 0.2) is 42.9 Å². The molecule has 1 aromatic carbocycles. The van der Waals surface area contributed by atoms with E-state index in [1.165, 1.54) is 6.21 Å². The highest BCUT2D eigenvalue weighted by Gasteiger charge is 2.18. The number of nitrogens with one attached hydrogen (secondary N) is 3. The lowest BCUT2D eigenvalue weighted by atomic mass is 10.0. The second kappa shape index (κ2) is 12.7. The average Bonchev–Trinajstić information content (AvgIpc) is 3.40. The molecule has 9 nitrogen and oxygen atoms in total. The molecule has 5 rings (SSSR count). The molecule has 2 aromatic heterocycles. The highest BCUT2D eigenvalue weighted by Crippen LogP contribution is 2.33. The van der Waals surface area contributed by atoms with Crippen molar-refractivity contribution in [2.24, 2.45) is 0 Å². The van der Waals surface area contributed by atoms with E-state index in [9.17, 15) is 5.26 Å². The Morgan fingerprint density at radius 2 is 2.11 bits per heavy atom. The molecule has 9 heteroatoms. The molecule has 0 bridgehead atoms. The van der Waals surface area contributed by atoms with Gasteiger partial charge in [-0.2, -0.15) is 5.26 Å². The monoisotopic (exact) mass is 515 g/mol. The number of H-pyrrole nitrogens is 1. The molecule has 0 radical (unpaired) electrons. The van der Waals surface area contributed by atoms with Crippen molar-refractivity contribution in [1.29, 1.82) is 10.7 Å². The van der Waals surface area contributed by atoms with Gasteiger partial charge in [0, 0.05) is 72.9 Å². The van der Waals surface area contributed by atoms with Gasteiger partial charge < -0.3 is 34.7 Å². The van der Waals surface area contributed by atoms with Gasteiger partial charge in [0.1, 0.15) is 23.6 Å². The molecule has 38 heavy (non-hydrogen) atoms. The highest BCUT2D eigenvalue weighted by molar-refractivity contribution is 6.09. The number of pyridine rings is 1. The molecular weight excluding hydrogens is 482 g/mol. The third-order valence-electron chi connectivity index (χ3n) is 6.84. The van der Waals surface area contributed by atoms with E-state index >= 15 is 0 Å². The summed E-state index contributed by atoms with van der Waals surface area (Å²) in [5, 5.41) is 21.9. The van der Waals surface area contributed by atoms with Crippen LogP contribution in [0.25, 0.3) is 27.7 Å². The summed E-state index contributed by atoms with van der Waals surface area (Å²) in [7, 11) is 0. The molecule has 3 aromatic rings. The average molecular weight is 516 g/mol. The molecule has 4 heterocycles. The van der Waals surface area contributed by atoms with Crippen molar-refractivity contribution in [3.8, 4) is 22.9 Å². The van der Waals surface area contributed by atoms with Gasteiger partial charge in [-0.05, 0) is 43.0 Å². The summed E-state index contributed by atoms with van der Waals surface area (Å²) in [6, 6.07) is 9.98. The van der Waals surface area contributed by atoms with E-state index in [2.05, 4.69) is 21.4 Å². The second-order valence-electron chi connectivity index (χ2n) is 9.44. The van der Waals surface area contributed by atoms with Gasteiger partial charge in [0.25, 0.3) is 0 Å². The Morgan fingerprint density at radius 3 is 2.89 bits per heavy atom. The summed E-state index contributed by atoms with van der Waals surface area (Å²) in [4.78, 5) is 7.79. The first-order chi connectivity index (χ1) is 18.7. The van der Waals surface area contributed by atoms with Crippen LogP contribution in [-0.2, 0) is 14.2 Å². The summed E-state index contributed by atoms with van der Waals surface area (Å²) >= 11 is 0. The van der Waals surface area contributed by atoms with Gasteiger partial charge in [-0.25, -0.2) is 4.98 Å². The van der Waals surface area contributed by atoms with E-state index in [1.807, 2.05) is 36.7 Å². The van der Waals surface area contributed by atoms with Crippen LogP contribution in [-0.4, -0.2) is 61.5 Å². The van der Waals surface area contributed by atoms with E-state index in [-0.39, 0.29) is 12.4 Å². The molecule has 0 saturated carbocycles. The van der Waals surface area contributed by atoms with Gasteiger partial charge in [-0.15, -0.1) is 0 Å². The maximum atomic E-state index is 9.80. The molecule has 2 aliphatic heterocycles. The molecule has 1 atom stereocenters. The molecule has 0 amide bonds. The molecule has 1 unspecified atom stereocenters. The summed E-state index contributed by atoms with van der Waals surface area (Å²) in [5.74, 6) is 0.598. The van der Waals surface area contributed by atoms with Crippen LogP contribution < -0.4 is 10.1 Å². The number of nitrogens with zero attached hydrogens (tertiary/aromatic N) is 2. The molecule has 2 aliphatic rings. The van der Waals surface area contributed by atoms with Gasteiger partial charge >= 0.3 is 0 Å². The summed E-state index contributed by atoms with van der Waals surface area (Å²) in [5.41, 5.74) is 4.59. The van der Waals surface area contributed by atoms with Gasteiger partial charge in [-0.3, -0.25) is 0 Å². The Hall–Kier alpha value is -3.71. The summed E-state index contributed by atoms with van der Waals surface area (Å²) in [6.45, 7) is 3.27. The zero-order chi connectivity index (χ0) is 26.2. The zero-order valence-electron chi connectivity index (χ0n) is 21.4. The summed E-state index contributed by atoms with van der Waals surface area (Å²) in [6.07, 6.45) is 11.5. The van der Waals surface area contributed by atoms with Crippen LogP contribution in [0.1, 0.15) is 43.2 Å². The number of fused-ring (bicyclic) bond motifs is 1. The normalized spacial score (nSPS) is 18.7. The summed E-state index contributed by atoms with van der Waals surface area (Å²) < 4.78 is 22.9. The molecular formula is C29H33N5O4. The first kappa shape index (κ1) is 25.9. The number of aromatic nitrogens is 2. The first-order valence-corrected chi connectivity index (χ1v) is 13.2. The standard InChI is InChI=1S/C29H33N5O4/c30-15-21-13-20(4-5-27(21)38-24-6-10-35-11-7-24)26-19-34-29-25(26)14-22(18-33-29)23(16-31)17-32-8-12-37-28-3-1-2-9-36-28/h4-5,13-14,16-19,24,28,31-32H,1-3,6-12H2,(H,33,34)/b23-17+,31-16?. The van der Waals surface area contributed by atoms with Crippen LogP contribution in [0.5, 0.6) is 5.75 Å². The highest BCUT2D eigenvalue weighted by atomic mass is 16.7. The Morgan fingerprint density at radius 1 is 1.21 bits per heavy atom. The van der Waals surface area contributed by atoms with Crippen molar-refractivity contribution in [3.05, 3.63) is 54.0 Å². The maximum Gasteiger partial charge on any atom is 0.157 e. The van der Waals surface area contributed by atoms with E-state index in [1.54, 1.807) is 6.20 Å². The number of aromatic amines is 1. The van der Waals surface area contributed by atoms with Crippen molar-refractivity contribution in [2.75, 3.05) is 33.0 Å². The van der Waals surface area contributed by atoms with Gasteiger partial charge in [0.05, 0.1) is 25.4 Å². The second-order valence-corrected chi connectivity index (χ2v) is 9.44. The quantitative estimate of drug-likeness (QED) is 0.262. The van der Waals surface area contributed by atoms with E-state index in [0.29, 0.717) is 43.3 Å². The fraction of sp³-hybridized carbons (Fsp3) is 0.414. The Balaban J connectivity index is 1.30. The smallest absolute Gasteiger partial charge is 0.157 e. The first-order valence-electron chi connectivity index (χ1n) is 13.2. The lowest BCUT2D eigenvalue weighted by Gasteiger charge is -2.23. The molecule has 3 N–H and O–H groups in total. The topological polar surface area (TPSA) is 125 Å². The fourth-order valence-corrected chi connectivity index (χ4v) is 4.74. The van der Waals surface area contributed by atoms with Crippen LogP contribution in [0.3, 0.4) is 0 Å². The number of hydrogen-bond donors (Lipinski definition) is 3. The van der Waals surface area contributed by atoms with Gasteiger partial charge in [-0.1, -0.05) is 6.07 Å². The Kier molecular flexibility index (Phi) is 8.66. The Bertz CT molecular complexity index is 1320. The molecule has 0 aliphatic carbocycles. The van der Waals surface area contributed by atoms with Crippen LogP contribution in [0.4, 0.5) is 0 Å². The van der Waals surface area contributed by atoms with Gasteiger partial charge in [0.2, 0.25) is 0 Å². The Labute approximate surface area is 222 Å².